The zero-order valence-electron chi connectivity index (χ0n) is 20.1. The van der Waals surface area contributed by atoms with Crippen LogP contribution >= 0.6 is 39.1 Å². The fourth-order valence-corrected chi connectivity index (χ4v) is 4.57. The summed E-state index contributed by atoms with van der Waals surface area (Å²) >= 11 is 16.2. The molecule has 14 heteroatoms. The molecule has 0 fully saturated rings. The normalized spacial score (nSPS) is 11.6. The van der Waals surface area contributed by atoms with Gasteiger partial charge in [0.05, 0.1) is 27.9 Å². The molecule has 0 atom stereocenters. The van der Waals surface area contributed by atoms with E-state index >= 15 is 0 Å². The van der Waals surface area contributed by atoms with Crippen molar-refractivity contribution in [2.75, 3.05) is 25.1 Å². The fraction of sp³-hybridized carbons (Fsp3) is 0.200. The summed E-state index contributed by atoms with van der Waals surface area (Å²) in [4.78, 5) is 30.5. The summed E-state index contributed by atoms with van der Waals surface area (Å²) in [7, 11) is 0. The second-order valence-electron chi connectivity index (χ2n) is 8.02. The van der Waals surface area contributed by atoms with Crippen molar-refractivity contribution >= 4 is 67.4 Å². The van der Waals surface area contributed by atoms with E-state index in [9.17, 15) is 22.8 Å². The summed E-state index contributed by atoms with van der Waals surface area (Å²) in [6.07, 6.45) is -3.57. The number of anilines is 1. The molecule has 0 saturated carbocycles. The lowest BCUT2D eigenvalue weighted by Gasteiger charge is -2.16. The molecule has 4 aromatic rings. The van der Waals surface area contributed by atoms with E-state index in [-0.39, 0.29) is 40.3 Å². The Morgan fingerprint density at radius 3 is 2.59 bits per heavy atom. The number of rotatable bonds is 8. The van der Waals surface area contributed by atoms with Gasteiger partial charge in [0.15, 0.2) is 11.5 Å². The minimum absolute atomic E-state index is 0.00609. The van der Waals surface area contributed by atoms with E-state index in [1.54, 1.807) is 18.2 Å². The minimum atomic E-state index is -4.86. The molecule has 0 radical (unpaired) electrons. The number of benzene rings is 2. The van der Waals surface area contributed by atoms with Crippen molar-refractivity contribution in [2.45, 2.75) is 13.1 Å². The van der Waals surface area contributed by atoms with Crippen LogP contribution < -0.4 is 10.6 Å². The molecule has 2 N–H and O–H groups in total. The van der Waals surface area contributed by atoms with Gasteiger partial charge < -0.3 is 15.4 Å². The van der Waals surface area contributed by atoms with Gasteiger partial charge in [-0.1, -0.05) is 45.2 Å². The molecule has 2 aromatic heterocycles. The van der Waals surface area contributed by atoms with E-state index in [1.807, 2.05) is 6.92 Å². The predicted octanol–water partition coefficient (Wildman–Crippen LogP) is 6.53. The van der Waals surface area contributed by atoms with Crippen LogP contribution in [-0.2, 0) is 10.9 Å². The lowest BCUT2D eigenvalue weighted by atomic mass is 10.0. The van der Waals surface area contributed by atoms with Crippen LogP contribution in [0.15, 0.2) is 53.1 Å². The maximum atomic E-state index is 13.6. The van der Waals surface area contributed by atoms with E-state index in [0.29, 0.717) is 28.1 Å². The molecule has 204 valence electrons. The van der Waals surface area contributed by atoms with Crippen molar-refractivity contribution in [2.24, 2.45) is 0 Å². The Balaban J connectivity index is 1.81. The summed E-state index contributed by atoms with van der Waals surface area (Å²) in [6.45, 7) is 2.69. The third-order valence-corrected chi connectivity index (χ3v) is 6.61. The molecular weight excluding hydrogens is 626 g/mol. The highest BCUT2D eigenvalue weighted by molar-refractivity contribution is 9.10. The maximum absolute atomic E-state index is 13.6. The first-order chi connectivity index (χ1) is 18.5. The van der Waals surface area contributed by atoms with Crippen LogP contribution in [0.1, 0.15) is 33.5 Å². The summed E-state index contributed by atoms with van der Waals surface area (Å²) < 4.78 is 47.3. The third-order valence-electron chi connectivity index (χ3n) is 5.43. The Labute approximate surface area is 238 Å². The third kappa shape index (κ3) is 6.35. The standard InChI is InChI=1S/C25H19BrCl2F3N5O3/c1-2-39-9-8-33-23(37)16-11-13-10-14(26)5-6-15(13)20(28)21(16)34-24(38)18-12-19(25(29,30)31)35-36(18)22-17(27)4-3-7-32-22/h3-7,10-12H,2,8-9H2,1H3,(H,33,37)(H,34,38). The van der Waals surface area contributed by atoms with Crippen LogP contribution in [0.2, 0.25) is 10.0 Å². The number of hydrogen-bond donors (Lipinski definition) is 2. The Hall–Kier alpha value is -3.19. The van der Waals surface area contributed by atoms with Crippen molar-refractivity contribution in [1.82, 2.24) is 20.1 Å². The number of ether oxygens (including phenoxy) is 1. The van der Waals surface area contributed by atoms with Gasteiger partial charge in [0.25, 0.3) is 11.8 Å². The minimum Gasteiger partial charge on any atom is -0.380 e. The summed E-state index contributed by atoms with van der Waals surface area (Å²) in [5.74, 6) is -1.80. The first-order valence-corrected chi connectivity index (χ1v) is 12.9. The smallest absolute Gasteiger partial charge is 0.380 e. The van der Waals surface area contributed by atoms with Crippen molar-refractivity contribution in [3.05, 3.63) is 80.1 Å². The van der Waals surface area contributed by atoms with E-state index in [0.717, 1.165) is 4.47 Å². The number of nitrogens with one attached hydrogen (secondary N) is 2. The van der Waals surface area contributed by atoms with Crippen LogP contribution in [-0.4, -0.2) is 46.3 Å². The van der Waals surface area contributed by atoms with Gasteiger partial charge in [-0.15, -0.1) is 0 Å². The number of hydrogen-bond acceptors (Lipinski definition) is 5. The Morgan fingerprint density at radius 1 is 1.13 bits per heavy atom. The van der Waals surface area contributed by atoms with Crippen LogP contribution in [0.4, 0.5) is 18.9 Å². The zero-order valence-corrected chi connectivity index (χ0v) is 23.2. The Kier molecular flexibility index (Phi) is 8.80. The first kappa shape index (κ1) is 28.8. The summed E-state index contributed by atoms with van der Waals surface area (Å²) in [6, 6.07) is 10.1. The molecule has 8 nitrogen and oxygen atoms in total. The molecule has 0 unspecified atom stereocenters. The van der Waals surface area contributed by atoms with Crippen LogP contribution in [0.25, 0.3) is 16.6 Å². The van der Waals surface area contributed by atoms with E-state index in [4.69, 9.17) is 27.9 Å². The predicted molar refractivity (Wildman–Crippen MR) is 145 cm³/mol. The number of amides is 2. The average Bonchev–Trinajstić information content (AvgIpc) is 3.34. The molecule has 0 spiro atoms. The lowest BCUT2D eigenvalue weighted by Crippen LogP contribution is -2.29. The number of fused-ring (bicyclic) bond motifs is 1. The number of aromatic nitrogens is 3. The van der Waals surface area contributed by atoms with Crippen LogP contribution in [0.3, 0.4) is 0 Å². The number of carbonyl (C=O) groups excluding carboxylic acids is 2. The molecule has 0 aliphatic carbocycles. The van der Waals surface area contributed by atoms with Crippen molar-refractivity contribution in [3.8, 4) is 5.82 Å². The van der Waals surface area contributed by atoms with Crippen molar-refractivity contribution in [3.63, 3.8) is 0 Å². The molecule has 0 aliphatic heterocycles. The van der Waals surface area contributed by atoms with Gasteiger partial charge >= 0.3 is 6.18 Å². The van der Waals surface area contributed by atoms with Gasteiger partial charge in [0.2, 0.25) is 0 Å². The van der Waals surface area contributed by atoms with E-state index in [1.165, 1.54) is 24.4 Å². The van der Waals surface area contributed by atoms with Gasteiger partial charge in [-0.3, -0.25) is 9.59 Å². The van der Waals surface area contributed by atoms with E-state index in [2.05, 4.69) is 36.6 Å². The lowest BCUT2D eigenvalue weighted by molar-refractivity contribution is -0.141. The molecule has 39 heavy (non-hydrogen) atoms. The molecule has 0 aliphatic rings. The van der Waals surface area contributed by atoms with Gasteiger partial charge in [-0.25, -0.2) is 9.67 Å². The Morgan fingerprint density at radius 2 is 1.90 bits per heavy atom. The largest absolute Gasteiger partial charge is 0.435 e. The second kappa shape index (κ2) is 11.9. The Bertz CT molecular complexity index is 1560. The molecule has 0 bridgehead atoms. The monoisotopic (exact) mass is 643 g/mol. The zero-order chi connectivity index (χ0) is 28.3. The van der Waals surface area contributed by atoms with Crippen LogP contribution in [0, 0.1) is 0 Å². The SMILES string of the molecule is CCOCCNC(=O)c1cc2cc(Br)ccc2c(Cl)c1NC(=O)c1cc(C(F)(F)F)nn1-c1ncccc1Cl. The molecule has 2 amide bonds. The van der Waals surface area contributed by atoms with E-state index < -0.39 is 29.4 Å². The topological polar surface area (TPSA) is 98.1 Å². The number of halogens is 6. The highest BCUT2D eigenvalue weighted by Crippen LogP contribution is 2.37. The summed E-state index contributed by atoms with van der Waals surface area (Å²) in [5.41, 5.74) is -1.97. The quantitative estimate of drug-likeness (QED) is 0.213. The molecule has 2 aromatic carbocycles. The van der Waals surface area contributed by atoms with Gasteiger partial charge in [0, 0.05) is 35.3 Å². The average molecular weight is 645 g/mol. The first-order valence-electron chi connectivity index (χ1n) is 11.4. The molecule has 0 saturated heterocycles. The fourth-order valence-electron chi connectivity index (χ4n) is 3.66. The number of pyridine rings is 1. The number of nitrogens with zero attached hydrogens (tertiary/aromatic N) is 3. The molecule has 4 rings (SSSR count). The number of carbonyl (C=O) groups is 2. The highest BCUT2D eigenvalue weighted by Gasteiger charge is 2.37. The van der Waals surface area contributed by atoms with Gasteiger partial charge in [0.1, 0.15) is 5.69 Å². The second-order valence-corrected chi connectivity index (χ2v) is 9.72. The van der Waals surface area contributed by atoms with Crippen LogP contribution in [0.5, 0.6) is 0 Å². The van der Waals surface area contributed by atoms with Gasteiger partial charge in [-0.2, -0.15) is 18.3 Å². The molecular formula is C25H19BrCl2F3N5O3. The summed E-state index contributed by atoms with van der Waals surface area (Å²) in [5, 5.41) is 9.78. The molecule has 2 heterocycles. The maximum Gasteiger partial charge on any atom is 0.435 e. The van der Waals surface area contributed by atoms with Gasteiger partial charge in [-0.05, 0) is 42.6 Å². The van der Waals surface area contributed by atoms with Crippen molar-refractivity contribution in [1.29, 1.82) is 0 Å². The van der Waals surface area contributed by atoms with Crippen molar-refractivity contribution < 1.29 is 27.5 Å². The number of alkyl halides is 3. The highest BCUT2D eigenvalue weighted by atomic mass is 79.9.